The van der Waals surface area contributed by atoms with Crippen LogP contribution in [0.4, 0.5) is 5.13 Å². The number of aromatic nitrogens is 2. The minimum Gasteiger partial charge on any atom is -0.353 e. The van der Waals surface area contributed by atoms with Crippen molar-refractivity contribution in [3.8, 4) is 0 Å². The lowest BCUT2D eigenvalue weighted by Gasteiger charge is -2.35. The van der Waals surface area contributed by atoms with Gasteiger partial charge in [-0.2, -0.15) is 0 Å². The van der Waals surface area contributed by atoms with Crippen LogP contribution in [0.5, 0.6) is 0 Å². The molecule has 0 aliphatic heterocycles. The Morgan fingerprint density at radius 3 is 2.71 bits per heavy atom. The van der Waals surface area contributed by atoms with Gasteiger partial charge in [-0.1, -0.05) is 49.8 Å². The van der Waals surface area contributed by atoms with Crippen molar-refractivity contribution >= 4 is 28.2 Å². The summed E-state index contributed by atoms with van der Waals surface area (Å²) < 4.78 is 1.11. The second kappa shape index (κ2) is 8.34. The van der Waals surface area contributed by atoms with Crippen LogP contribution in [0.1, 0.15) is 46.0 Å². The van der Waals surface area contributed by atoms with E-state index in [9.17, 15) is 0 Å². The van der Waals surface area contributed by atoms with Crippen LogP contribution in [0.15, 0.2) is 4.34 Å². The lowest BCUT2D eigenvalue weighted by molar-refractivity contribution is 0.289. The molecule has 0 aromatic carbocycles. The van der Waals surface area contributed by atoms with Gasteiger partial charge in [0.1, 0.15) is 0 Å². The minimum atomic E-state index is 0.625. The zero-order valence-corrected chi connectivity index (χ0v) is 15.3. The van der Waals surface area contributed by atoms with Crippen molar-refractivity contribution < 1.29 is 0 Å². The van der Waals surface area contributed by atoms with Gasteiger partial charge in [0.2, 0.25) is 5.13 Å². The predicted octanol–water partition coefficient (Wildman–Crippen LogP) is 3.64. The topological polar surface area (TPSA) is 41.1 Å². The summed E-state index contributed by atoms with van der Waals surface area (Å²) in [5.41, 5.74) is 0. The van der Waals surface area contributed by atoms with Gasteiger partial charge in [0.25, 0.3) is 0 Å². The van der Waals surface area contributed by atoms with E-state index in [1.807, 2.05) is 30.8 Å². The van der Waals surface area contributed by atoms with Crippen LogP contribution in [0, 0.1) is 5.92 Å². The van der Waals surface area contributed by atoms with E-state index in [0.717, 1.165) is 21.9 Å². The molecule has 1 saturated carbocycles. The van der Waals surface area contributed by atoms with Crippen LogP contribution < -0.4 is 10.2 Å². The van der Waals surface area contributed by atoms with Crippen molar-refractivity contribution in [1.82, 2.24) is 15.5 Å². The van der Waals surface area contributed by atoms with Crippen molar-refractivity contribution in [2.75, 3.05) is 25.5 Å². The van der Waals surface area contributed by atoms with Crippen molar-refractivity contribution in [3.05, 3.63) is 0 Å². The Labute approximate surface area is 137 Å². The molecule has 0 spiro atoms. The highest BCUT2D eigenvalue weighted by molar-refractivity contribution is 8.01. The van der Waals surface area contributed by atoms with Gasteiger partial charge in [-0.25, -0.2) is 0 Å². The molecule has 3 atom stereocenters. The van der Waals surface area contributed by atoms with E-state index in [0.29, 0.717) is 11.3 Å². The van der Waals surface area contributed by atoms with Crippen LogP contribution >= 0.6 is 23.1 Å². The zero-order valence-electron chi connectivity index (χ0n) is 13.6. The summed E-state index contributed by atoms with van der Waals surface area (Å²) in [5, 5.41) is 13.9. The summed E-state index contributed by atoms with van der Waals surface area (Å²) in [4.78, 5) is 2.03. The highest BCUT2D eigenvalue weighted by atomic mass is 32.2. The van der Waals surface area contributed by atoms with Gasteiger partial charge < -0.3 is 10.2 Å². The summed E-state index contributed by atoms with van der Waals surface area (Å²) >= 11 is 3.64. The predicted molar refractivity (Wildman–Crippen MR) is 93.6 cm³/mol. The number of nitrogens with zero attached hydrogens (tertiary/aromatic N) is 3. The van der Waals surface area contributed by atoms with Crippen molar-refractivity contribution in [1.29, 1.82) is 0 Å². The standard InChI is InChI=1S/C15H28N4S2/c1-5-7-11-8-9-12(16-6-2)13(10-11)20-15-18-17-14(21-15)19(3)4/h11-13,16H,5-10H2,1-4H3. The number of anilines is 1. The summed E-state index contributed by atoms with van der Waals surface area (Å²) in [7, 11) is 4.04. The second-order valence-electron chi connectivity index (χ2n) is 6.03. The number of nitrogens with one attached hydrogen (secondary N) is 1. The SMILES string of the molecule is CCCC1CCC(NCC)C(Sc2nnc(N(C)C)s2)C1. The van der Waals surface area contributed by atoms with Crippen LogP contribution in [0.3, 0.4) is 0 Å². The average Bonchev–Trinajstić information content (AvgIpc) is 2.91. The summed E-state index contributed by atoms with van der Waals surface area (Å²) in [6.45, 7) is 5.56. The van der Waals surface area contributed by atoms with Crippen molar-refractivity contribution in [2.24, 2.45) is 5.92 Å². The van der Waals surface area contributed by atoms with Crippen molar-refractivity contribution in [2.45, 2.75) is 61.6 Å². The van der Waals surface area contributed by atoms with E-state index >= 15 is 0 Å². The second-order valence-corrected chi connectivity index (χ2v) is 8.48. The Kier molecular flexibility index (Phi) is 6.76. The molecule has 0 saturated heterocycles. The maximum atomic E-state index is 4.36. The Hall–Kier alpha value is -0.330. The average molecular weight is 329 g/mol. The molecular weight excluding hydrogens is 300 g/mol. The van der Waals surface area contributed by atoms with Crippen LogP contribution in [-0.2, 0) is 0 Å². The fourth-order valence-electron chi connectivity index (χ4n) is 3.07. The quantitative estimate of drug-likeness (QED) is 0.827. The molecule has 0 bridgehead atoms. The first-order chi connectivity index (χ1) is 10.1. The van der Waals surface area contributed by atoms with Crippen LogP contribution in [0.25, 0.3) is 0 Å². The van der Waals surface area contributed by atoms with Gasteiger partial charge >= 0.3 is 0 Å². The molecule has 2 rings (SSSR count). The molecule has 1 heterocycles. The highest BCUT2D eigenvalue weighted by Crippen LogP contribution is 2.39. The number of rotatable bonds is 7. The van der Waals surface area contributed by atoms with Gasteiger partial charge in [0.05, 0.1) is 0 Å². The molecule has 0 radical (unpaired) electrons. The largest absolute Gasteiger partial charge is 0.353 e. The summed E-state index contributed by atoms with van der Waals surface area (Å²) in [5.74, 6) is 0.892. The van der Waals surface area contributed by atoms with E-state index < -0.39 is 0 Å². The number of hydrogen-bond donors (Lipinski definition) is 1. The molecule has 21 heavy (non-hydrogen) atoms. The molecule has 3 unspecified atom stereocenters. The fraction of sp³-hybridized carbons (Fsp3) is 0.867. The Morgan fingerprint density at radius 2 is 2.10 bits per heavy atom. The molecule has 1 aliphatic rings. The smallest absolute Gasteiger partial charge is 0.208 e. The lowest BCUT2D eigenvalue weighted by atomic mass is 9.83. The van der Waals surface area contributed by atoms with Gasteiger partial charge in [-0.05, 0) is 31.7 Å². The number of hydrogen-bond acceptors (Lipinski definition) is 6. The third-order valence-electron chi connectivity index (χ3n) is 4.09. The highest BCUT2D eigenvalue weighted by Gasteiger charge is 2.31. The number of thioether (sulfide) groups is 1. The van der Waals surface area contributed by atoms with Gasteiger partial charge in [0, 0.05) is 25.4 Å². The first-order valence-electron chi connectivity index (χ1n) is 8.04. The molecule has 1 aromatic heterocycles. The monoisotopic (exact) mass is 328 g/mol. The molecule has 1 aliphatic carbocycles. The van der Waals surface area contributed by atoms with E-state index in [1.54, 1.807) is 11.3 Å². The molecule has 1 fully saturated rings. The molecule has 120 valence electrons. The normalized spacial score (nSPS) is 26.0. The van der Waals surface area contributed by atoms with E-state index in [4.69, 9.17) is 0 Å². The molecule has 0 amide bonds. The third kappa shape index (κ3) is 4.83. The molecule has 1 aromatic rings. The van der Waals surface area contributed by atoms with Crippen molar-refractivity contribution in [3.63, 3.8) is 0 Å². The van der Waals surface area contributed by atoms with Crippen LogP contribution in [0.2, 0.25) is 0 Å². The van der Waals surface area contributed by atoms with E-state index in [1.165, 1.54) is 32.1 Å². The zero-order chi connectivity index (χ0) is 15.2. The summed E-state index contributed by atoms with van der Waals surface area (Å²) in [6.07, 6.45) is 6.66. The minimum absolute atomic E-state index is 0.625. The van der Waals surface area contributed by atoms with Crippen LogP contribution in [-0.4, -0.2) is 42.1 Å². The molecular formula is C15H28N4S2. The molecule has 1 N–H and O–H groups in total. The van der Waals surface area contributed by atoms with E-state index in [2.05, 4.69) is 29.4 Å². The maximum Gasteiger partial charge on any atom is 0.208 e. The summed E-state index contributed by atoms with van der Waals surface area (Å²) in [6, 6.07) is 0.625. The first-order valence-corrected chi connectivity index (χ1v) is 9.74. The maximum absolute atomic E-state index is 4.36. The fourth-order valence-corrected chi connectivity index (χ4v) is 5.47. The Balaban J connectivity index is 2.00. The van der Waals surface area contributed by atoms with Gasteiger partial charge in [-0.3, -0.25) is 0 Å². The Morgan fingerprint density at radius 1 is 1.29 bits per heavy atom. The van der Waals surface area contributed by atoms with E-state index in [-0.39, 0.29) is 0 Å². The van der Waals surface area contributed by atoms with Gasteiger partial charge in [0.15, 0.2) is 4.34 Å². The lowest BCUT2D eigenvalue weighted by Crippen LogP contribution is -2.42. The molecule has 4 nitrogen and oxygen atoms in total. The Bertz CT molecular complexity index is 422. The van der Waals surface area contributed by atoms with Gasteiger partial charge in [-0.15, -0.1) is 10.2 Å². The first kappa shape index (κ1) is 17.0. The molecule has 6 heteroatoms. The third-order valence-corrected chi connectivity index (χ3v) is 6.63.